The molecule has 0 N–H and O–H groups in total. The summed E-state index contributed by atoms with van der Waals surface area (Å²) in [4.78, 5) is 2.57. The van der Waals surface area contributed by atoms with Gasteiger partial charge >= 0.3 is 0 Å². The highest BCUT2D eigenvalue weighted by Crippen LogP contribution is 2.20. The maximum absolute atomic E-state index is 5.92. The third-order valence-corrected chi connectivity index (χ3v) is 4.67. The van der Waals surface area contributed by atoms with Crippen LogP contribution in [0.1, 0.15) is 35.1 Å². The van der Waals surface area contributed by atoms with E-state index in [4.69, 9.17) is 4.74 Å². The Kier molecular flexibility index (Phi) is 7.14. The van der Waals surface area contributed by atoms with Crippen LogP contribution in [-0.4, -0.2) is 24.6 Å². The molecule has 0 spiro atoms. The van der Waals surface area contributed by atoms with Crippen LogP contribution in [-0.2, 0) is 13.0 Å². The number of hydrogen-bond donors (Lipinski definition) is 0. The van der Waals surface area contributed by atoms with Crippen molar-refractivity contribution in [2.45, 2.75) is 39.7 Å². The van der Waals surface area contributed by atoms with Gasteiger partial charge in [-0.1, -0.05) is 42.0 Å². The van der Waals surface area contributed by atoms with Crippen molar-refractivity contribution in [3.8, 4) is 5.75 Å². The van der Waals surface area contributed by atoms with Gasteiger partial charge in [0.2, 0.25) is 0 Å². The molecule has 0 saturated heterocycles. The molecule has 1 aliphatic rings. The molecule has 2 aromatic rings. The molecule has 0 fully saturated rings. The second kappa shape index (κ2) is 9.10. The van der Waals surface area contributed by atoms with Crippen LogP contribution in [0, 0.1) is 13.8 Å². The first-order chi connectivity index (χ1) is 11.2. The lowest BCUT2D eigenvalue weighted by molar-refractivity contribution is -0.00000527. The molecule has 130 valence electrons. The molecule has 3 rings (SSSR count). The lowest BCUT2D eigenvalue weighted by Crippen LogP contribution is -3.00. The fraction of sp³-hybridized carbons (Fsp3) is 0.429. The minimum Gasteiger partial charge on any atom is -1.00 e. The van der Waals surface area contributed by atoms with Crippen molar-refractivity contribution in [3.05, 3.63) is 64.7 Å². The van der Waals surface area contributed by atoms with Crippen LogP contribution in [0.4, 0.5) is 0 Å². The lowest BCUT2D eigenvalue weighted by atomic mass is 10.00. The SMILES string of the molecule is Cc1ccc(OCCCCN2CCc3ccccc3C2)c(C)c1.[Cl-]. The van der Waals surface area contributed by atoms with Gasteiger partial charge in [0.15, 0.2) is 0 Å². The summed E-state index contributed by atoms with van der Waals surface area (Å²) in [6.45, 7) is 8.52. The number of aryl methyl sites for hydroxylation is 2. The molecule has 0 unspecified atom stereocenters. The number of nitrogens with zero attached hydrogens (tertiary/aromatic N) is 1. The number of ether oxygens (including phenoxy) is 1. The van der Waals surface area contributed by atoms with E-state index in [1.165, 1.54) is 48.2 Å². The van der Waals surface area contributed by atoms with Gasteiger partial charge in [0.05, 0.1) is 6.61 Å². The van der Waals surface area contributed by atoms with Crippen molar-refractivity contribution in [3.63, 3.8) is 0 Å². The molecule has 0 amide bonds. The Morgan fingerprint density at radius 3 is 2.58 bits per heavy atom. The molecule has 0 atom stereocenters. The van der Waals surface area contributed by atoms with Crippen molar-refractivity contribution in [1.29, 1.82) is 0 Å². The maximum Gasteiger partial charge on any atom is 0.122 e. The monoisotopic (exact) mass is 344 g/mol. The number of fused-ring (bicyclic) bond motifs is 1. The molecule has 1 aliphatic heterocycles. The Morgan fingerprint density at radius 1 is 1.00 bits per heavy atom. The Labute approximate surface area is 152 Å². The van der Waals surface area contributed by atoms with Gasteiger partial charge in [-0.3, -0.25) is 4.90 Å². The van der Waals surface area contributed by atoms with E-state index in [9.17, 15) is 0 Å². The molecule has 2 nitrogen and oxygen atoms in total. The van der Waals surface area contributed by atoms with E-state index in [1.54, 1.807) is 0 Å². The highest BCUT2D eigenvalue weighted by Gasteiger charge is 2.14. The summed E-state index contributed by atoms with van der Waals surface area (Å²) >= 11 is 0. The van der Waals surface area contributed by atoms with Crippen LogP contribution in [0.15, 0.2) is 42.5 Å². The third kappa shape index (κ3) is 4.99. The zero-order chi connectivity index (χ0) is 16.1. The zero-order valence-electron chi connectivity index (χ0n) is 14.7. The van der Waals surface area contributed by atoms with Crippen molar-refractivity contribution in [1.82, 2.24) is 4.90 Å². The van der Waals surface area contributed by atoms with E-state index in [-0.39, 0.29) is 12.4 Å². The summed E-state index contributed by atoms with van der Waals surface area (Å²) < 4.78 is 5.92. The Hall–Kier alpha value is -1.51. The average molecular weight is 345 g/mol. The minimum atomic E-state index is 0. The summed E-state index contributed by atoms with van der Waals surface area (Å²) in [5.41, 5.74) is 5.56. The Bertz CT molecular complexity index is 656. The number of benzene rings is 2. The second-order valence-electron chi connectivity index (χ2n) is 6.62. The van der Waals surface area contributed by atoms with Crippen molar-refractivity contribution < 1.29 is 17.1 Å². The van der Waals surface area contributed by atoms with Gasteiger partial charge in [-0.25, -0.2) is 0 Å². The van der Waals surface area contributed by atoms with Crippen LogP contribution < -0.4 is 17.1 Å². The zero-order valence-corrected chi connectivity index (χ0v) is 15.5. The van der Waals surface area contributed by atoms with E-state index < -0.39 is 0 Å². The topological polar surface area (TPSA) is 12.5 Å². The van der Waals surface area contributed by atoms with Gasteiger partial charge in [-0.05, 0) is 62.4 Å². The standard InChI is InChI=1S/C21H27NO.ClH/c1-17-9-10-21(18(2)15-17)23-14-6-5-12-22-13-11-19-7-3-4-8-20(19)16-22;/h3-4,7-10,15H,5-6,11-14,16H2,1-2H3;1H/p-1. The fourth-order valence-corrected chi connectivity index (χ4v) is 3.33. The molecule has 0 radical (unpaired) electrons. The first-order valence-electron chi connectivity index (χ1n) is 8.71. The van der Waals surface area contributed by atoms with Crippen LogP contribution in [0.2, 0.25) is 0 Å². The quantitative estimate of drug-likeness (QED) is 0.737. The maximum atomic E-state index is 5.92. The number of unbranched alkanes of at least 4 members (excludes halogenated alkanes) is 1. The summed E-state index contributed by atoms with van der Waals surface area (Å²) in [5, 5.41) is 0. The van der Waals surface area contributed by atoms with Crippen LogP contribution in [0.5, 0.6) is 5.75 Å². The van der Waals surface area contributed by atoms with Gasteiger partial charge in [-0.2, -0.15) is 0 Å². The average Bonchev–Trinajstić information content (AvgIpc) is 2.56. The molecule has 0 saturated carbocycles. The normalized spacial score (nSPS) is 13.9. The van der Waals surface area contributed by atoms with Gasteiger partial charge in [-0.15, -0.1) is 0 Å². The molecule has 24 heavy (non-hydrogen) atoms. The van der Waals surface area contributed by atoms with E-state index in [0.717, 1.165) is 25.3 Å². The third-order valence-electron chi connectivity index (χ3n) is 4.67. The predicted octanol–water partition coefficient (Wildman–Crippen LogP) is 1.52. The largest absolute Gasteiger partial charge is 1.00 e. The number of hydrogen-bond acceptors (Lipinski definition) is 2. The highest BCUT2D eigenvalue weighted by atomic mass is 35.5. The first kappa shape index (κ1) is 18.8. The predicted molar refractivity (Wildman–Crippen MR) is 96.1 cm³/mol. The minimum absolute atomic E-state index is 0. The molecule has 0 aromatic heterocycles. The Balaban J connectivity index is 0.00000208. The van der Waals surface area contributed by atoms with Crippen LogP contribution >= 0.6 is 0 Å². The lowest BCUT2D eigenvalue weighted by Gasteiger charge is -2.28. The van der Waals surface area contributed by atoms with Crippen LogP contribution in [0.25, 0.3) is 0 Å². The van der Waals surface area contributed by atoms with Gasteiger partial charge < -0.3 is 17.1 Å². The molecule has 1 heterocycles. The Morgan fingerprint density at radius 2 is 1.79 bits per heavy atom. The van der Waals surface area contributed by atoms with Gasteiger partial charge in [0.1, 0.15) is 5.75 Å². The molecule has 0 aliphatic carbocycles. The highest BCUT2D eigenvalue weighted by molar-refractivity contribution is 5.35. The fourth-order valence-electron chi connectivity index (χ4n) is 3.33. The van der Waals surface area contributed by atoms with Gasteiger partial charge in [0, 0.05) is 13.1 Å². The molecule has 3 heteroatoms. The van der Waals surface area contributed by atoms with Gasteiger partial charge in [0.25, 0.3) is 0 Å². The summed E-state index contributed by atoms with van der Waals surface area (Å²) in [5.74, 6) is 1.03. The van der Waals surface area contributed by atoms with E-state index in [0.29, 0.717) is 0 Å². The summed E-state index contributed by atoms with van der Waals surface area (Å²) in [6.07, 6.45) is 3.51. The van der Waals surface area contributed by atoms with Crippen molar-refractivity contribution >= 4 is 0 Å². The molecular formula is C21H27ClNO-. The molecule has 0 bridgehead atoms. The number of halogens is 1. The van der Waals surface area contributed by atoms with E-state index >= 15 is 0 Å². The molecule has 2 aromatic carbocycles. The summed E-state index contributed by atoms with van der Waals surface area (Å²) in [6, 6.07) is 15.2. The van der Waals surface area contributed by atoms with Crippen LogP contribution in [0.3, 0.4) is 0 Å². The van der Waals surface area contributed by atoms with E-state index in [2.05, 4.69) is 61.2 Å². The second-order valence-corrected chi connectivity index (χ2v) is 6.62. The smallest absolute Gasteiger partial charge is 0.122 e. The van der Waals surface area contributed by atoms with Crippen molar-refractivity contribution in [2.24, 2.45) is 0 Å². The molecular weight excluding hydrogens is 318 g/mol. The summed E-state index contributed by atoms with van der Waals surface area (Å²) in [7, 11) is 0. The number of rotatable bonds is 6. The van der Waals surface area contributed by atoms with Crippen molar-refractivity contribution in [2.75, 3.05) is 19.7 Å². The van der Waals surface area contributed by atoms with E-state index in [1.807, 2.05) is 0 Å². The first-order valence-corrected chi connectivity index (χ1v) is 8.71.